The van der Waals surface area contributed by atoms with Crippen LogP contribution in [0.3, 0.4) is 0 Å². The molecule has 1 aromatic rings. The molecule has 4 heteroatoms. The summed E-state index contributed by atoms with van der Waals surface area (Å²) in [6, 6.07) is 4.18. The van der Waals surface area contributed by atoms with E-state index in [0.717, 1.165) is 25.3 Å². The van der Waals surface area contributed by atoms with Crippen LogP contribution >= 0.6 is 0 Å². The van der Waals surface area contributed by atoms with E-state index in [0.29, 0.717) is 11.6 Å². The first-order valence-electron chi connectivity index (χ1n) is 6.65. The van der Waals surface area contributed by atoms with Crippen molar-refractivity contribution in [3.05, 3.63) is 29.6 Å². The Hall–Kier alpha value is -1.42. The van der Waals surface area contributed by atoms with Crippen LogP contribution in [0.25, 0.3) is 0 Å². The molecule has 1 aromatic heterocycles. The number of hydrogen-bond donors (Lipinski definition) is 1. The van der Waals surface area contributed by atoms with Gasteiger partial charge in [-0.2, -0.15) is 0 Å². The molecule has 1 N–H and O–H groups in total. The second-order valence-electron chi connectivity index (χ2n) is 4.82. The average molecular weight is 247 g/mol. The van der Waals surface area contributed by atoms with Crippen LogP contribution in [0.4, 0.5) is 0 Å². The van der Waals surface area contributed by atoms with Crippen LogP contribution in [-0.2, 0) is 0 Å². The Labute approximate surface area is 108 Å². The number of carbonyl (C=O) groups is 1. The monoisotopic (exact) mass is 247 g/mol. The lowest BCUT2D eigenvalue weighted by molar-refractivity contribution is 0.0941. The number of carbonyl (C=O) groups excluding carboxylic acids is 1. The number of rotatable bonds is 4. The van der Waals surface area contributed by atoms with Gasteiger partial charge in [-0.25, -0.2) is 0 Å². The molecule has 0 spiro atoms. The van der Waals surface area contributed by atoms with Crippen molar-refractivity contribution in [3.8, 4) is 0 Å². The minimum atomic E-state index is -0.0227. The summed E-state index contributed by atoms with van der Waals surface area (Å²) in [5, 5.41) is 3.00. The van der Waals surface area contributed by atoms with Gasteiger partial charge in [-0.3, -0.25) is 14.7 Å². The van der Waals surface area contributed by atoms with Crippen molar-refractivity contribution in [2.24, 2.45) is 0 Å². The van der Waals surface area contributed by atoms with Crippen molar-refractivity contribution in [3.63, 3.8) is 0 Å². The SMILES string of the molecule is CCN1CCC[C@H]1CNC(=O)c1ccc(C)nc1. The van der Waals surface area contributed by atoms with E-state index in [1.807, 2.05) is 19.1 Å². The molecule has 98 valence electrons. The van der Waals surface area contributed by atoms with Crippen molar-refractivity contribution < 1.29 is 4.79 Å². The fourth-order valence-electron chi connectivity index (χ4n) is 2.46. The van der Waals surface area contributed by atoms with Gasteiger partial charge in [0.05, 0.1) is 5.56 Å². The maximum atomic E-state index is 11.9. The molecule has 1 aliphatic heterocycles. The van der Waals surface area contributed by atoms with E-state index >= 15 is 0 Å². The molecule has 0 aromatic carbocycles. The van der Waals surface area contributed by atoms with E-state index in [4.69, 9.17) is 0 Å². The zero-order chi connectivity index (χ0) is 13.0. The lowest BCUT2D eigenvalue weighted by atomic mass is 10.2. The molecule has 0 unspecified atom stereocenters. The number of aryl methyl sites for hydroxylation is 1. The fourth-order valence-corrected chi connectivity index (χ4v) is 2.46. The smallest absolute Gasteiger partial charge is 0.252 e. The number of likely N-dealkylation sites (N-methyl/N-ethyl adjacent to an activating group) is 1. The number of likely N-dealkylation sites (tertiary alicyclic amines) is 1. The van der Waals surface area contributed by atoms with E-state index in [9.17, 15) is 4.79 Å². The number of hydrogen-bond acceptors (Lipinski definition) is 3. The molecule has 1 aliphatic rings. The predicted octanol–water partition coefficient (Wildman–Crippen LogP) is 1.60. The van der Waals surface area contributed by atoms with Gasteiger partial charge in [0.1, 0.15) is 0 Å². The van der Waals surface area contributed by atoms with Gasteiger partial charge in [-0.15, -0.1) is 0 Å². The van der Waals surface area contributed by atoms with Gasteiger partial charge in [0.2, 0.25) is 0 Å². The highest BCUT2D eigenvalue weighted by Crippen LogP contribution is 2.15. The van der Waals surface area contributed by atoms with Crippen LogP contribution in [0.1, 0.15) is 35.8 Å². The van der Waals surface area contributed by atoms with Crippen molar-refractivity contribution in [1.29, 1.82) is 0 Å². The lowest BCUT2D eigenvalue weighted by Gasteiger charge is -2.22. The van der Waals surface area contributed by atoms with Crippen LogP contribution in [0, 0.1) is 6.92 Å². The zero-order valence-electron chi connectivity index (χ0n) is 11.1. The maximum absolute atomic E-state index is 11.9. The summed E-state index contributed by atoms with van der Waals surface area (Å²) in [6.45, 7) is 7.04. The number of aromatic nitrogens is 1. The molecular weight excluding hydrogens is 226 g/mol. The molecule has 4 nitrogen and oxygen atoms in total. The number of amides is 1. The van der Waals surface area contributed by atoms with Crippen molar-refractivity contribution in [1.82, 2.24) is 15.2 Å². The standard InChI is InChI=1S/C14H21N3O/c1-3-17-8-4-5-13(17)10-16-14(18)12-7-6-11(2)15-9-12/h6-7,9,13H,3-5,8,10H2,1-2H3,(H,16,18)/t13-/m0/s1. The predicted molar refractivity (Wildman–Crippen MR) is 71.6 cm³/mol. The van der Waals surface area contributed by atoms with Gasteiger partial charge in [-0.1, -0.05) is 6.92 Å². The van der Waals surface area contributed by atoms with Gasteiger partial charge < -0.3 is 5.32 Å². The highest BCUT2D eigenvalue weighted by molar-refractivity contribution is 5.93. The normalized spacial score (nSPS) is 20.0. The van der Waals surface area contributed by atoms with E-state index < -0.39 is 0 Å². The van der Waals surface area contributed by atoms with Gasteiger partial charge in [0, 0.05) is 24.5 Å². The Balaban J connectivity index is 1.86. The first-order valence-corrected chi connectivity index (χ1v) is 6.65. The van der Waals surface area contributed by atoms with Crippen LogP contribution in [0.5, 0.6) is 0 Å². The lowest BCUT2D eigenvalue weighted by Crippen LogP contribution is -2.40. The molecule has 1 atom stereocenters. The van der Waals surface area contributed by atoms with Crippen LogP contribution in [-0.4, -0.2) is 41.5 Å². The molecule has 0 radical (unpaired) electrons. The van der Waals surface area contributed by atoms with Gasteiger partial charge in [0.25, 0.3) is 5.91 Å². The molecule has 0 saturated carbocycles. The van der Waals surface area contributed by atoms with E-state index in [2.05, 4.69) is 22.1 Å². The number of nitrogens with zero attached hydrogens (tertiary/aromatic N) is 2. The quantitative estimate of drug-likeness (QED) is 0.879. The summed E-state index contributed by atoms with van der Waals surface area (Å²) in [5.74, 6) is -0.0227. The summed E-state index contributed by atoms with van der Waals surface area (Å²) < 4.78 is 0. The molecule has 2 heterocycles. The minimum absolute atomic E-state index is 0.0227. The molecule has 1 fully saturated rings. The largest absolute Gasteiger partial charge is 0.350 e. The zero-order valence-corrected chi connectivity index (χ0v) is 11.1. The molecule has 0 bridgehead atoms. The fraction of sp³-hybridized carbons (Fsp3) is 0.571. The Bertz CT molecular complexity index is 402. The molecule has 1 saturated heterocycles. The third kappa shape index (κ3) is 3.07. The maximum Gasteiger partial charge on any atom is 0.252 e. The summed E-state index contributed by atoms with van der Waals surface area (Å²) in [5.41, 5.74) is 1.57. The second kappa shape index (κ2) is 5.96. The average Bonchev–Trinajstić information content (AvgIpc) is 2.84. The number of pyridine rings is 1. The Morgan fingerprint density at radius 3 is 3.06 bits per heavy atom. The summed E-state index contributed by atoms with van der Waals surface area (Å²) in [7, 11) is 0. The molecule has 2 rings (SSSR count). The minimum Gasteiger partial charge on any atom is -0.350 e. The Morgan fingerprint density at radius 2 is 2.39 bits per heavy atom. The first kappa shape index (κ1) is 13.0. The Morgan fingerprint density at radius 1 is 1.56 bits per heavy atom. The van der Waals surface area contributed by atoms with E-state index in [-0.39, 0.29) is 5.91 Å². The topological polar surface area (TPSA) is 45.2 Å². The van der Waals surface area contributed by atoms with Crippen molar-refractivity contribution >= 4 is 5.91 Å². The molecular formula is C14H21N3O. The summed E-state index contributed by atoms with van der Waals surface area (Å²) in [6.07, 6.45) is 4.05. The highest BCUT2D eigenvalue weighted by atomic mass is 16.1. The summed E-state index contributed by atoms with van der Waals surface area (Å²) in [4.78, 5) is 18.5. The summed E-state index contributed by atoms with van der Waals surface area (Å²) >= 11 is 0. The third-order valence-corrected chi connectivity index (χ3v) is 3.58. The van der Waals surface area contributed by atoms with Crippen molar-refractivity contribution in [2.45, 2.75) is 32.7 Å². The van der Waals surface area contributed by atoms with E-state index in [1.54, 1.807) is 6.20 Å². The second-order valence-corrected chi connectivity index (χ2v) is 4.82. The van der Waals surface area contributed by atoms with Gasteiger partial charge in [0.15, 0.2) is 0 Å². The van der Waals surface area contributed by atoms with Crippen LogP contribution < -0.4 is 5.32 Å². The third-order valence-electron chi connectivity index (χ3n) is 3.58. The van der Waals surface area contributed by atoms with Gasteiger partial charge in [-0.05, 0) is 45.0 Å². The highest BCUT2D eigenvalue weighted by Gasteiger charge is 2.23. The first-order chi connectivity index (χ1) is 8.70. The molecule has 18 heavy (non-hydrogen) atoms. The molecule has 0 aliphatic carbocycles. The van der Waals surface area contributed by atoms with Crippen LogP contribution in [0.2, 0.25) is 0 Å². The van der Waals surface area contributed by atoms with Crippen molar-refractivity contribution in [2.75, 3.05) is 19.6 Å². The van der Waals surface area contributed by atoms with Crippen LogP contribution in [0.15, 0.2) is 18.3 Å². The Kier molecular flexibility index (Phi) is 4.31. The molecule has 1 amide bonds. The number of nitrogens with one attached hydrogen (secondary N) is 1. The van der Waals surface area contributed by atoms with E-state index in [1.165, 1.54) is 12.8 Å². The van der Waals surface area contributed by atoms with Gasteiger partial charge >= 0.3 is 0 Å².